The Morgan fingerprint density at radius 2 is 1.95 bits per heavy atom. The van der Waals surface area contributed by atoms with Crippen LogP contribution in [-0.4, -0.2) is 57.2 Å². The Kier molecular flexibility index (Phi) is 11.1. The van der Waals surface area contributed by atoms with Gasteiger partial charge in [0.2, 0.25) is 0 Å². The molecule has 0 saturated carbocycles. The number of phenolic OH excluding ortho intramolecular Hbond substituents is 1. The average molecular weight is 680 g/mol. The van der Waals surface area contributed by atoms with Gasteiger partial charge in [0.25, 0.3) is 5.56 Å². The molecule has 1 fully saturated rings. The predicted octanol–water partition coefficient (Wildman–Crippen LogP) is 3.22. The van der Waals surface area contributed by atoms with E-state index in [-0.39, 0.29) is 36.5 Å². The Bertz CT molecular complexity index is 1580. The van der Waals surface area contributed by atoms with Gasteiger partial charge >= 0.3 is 19.4 Å². The van der Waals surface area contributed by atoms with Gasteiger partial charge in [-0.15, -0.1) is 0 Å². The van der Waals surface area contributed by atoms with Crippen LogP contribution in [0, 0.1) is 0 Å². The molecule has 5 atom stereocenters. The van der Waals surface area contributed by atoms with Crippen LogP contribution in [0.15, 0.2) is 75.4 Å². The summed E-state index contributed by atoms with van der Waals surface area (Å²) in [5.74, 6) is -0.485. The fourth-order valence-corrected chi connectivity index (χ4v) is 6.09. The number of aromatic hydroxyl groups is 1. The minimum Gasteiger partial charge on any atom is -0.508 e. The molecule has 15 heteroatoms. The van der Waals surface area contributed by atoms with Crippen LogP contribution in [0.5, 0.6) is 11.5 Å². The smallest absolute Gasteiger partial charge is 0.459 e. The number of carbonyl (C=O) groups is 1. The highest BCUT2D eigenvalue weighted by Crippen LogP contribution is 2.46. The van der Waals surface area contributed by atoms with Gasteiger partial charge in [0.1, 0.15) is 29.9 Å². The molecule has 2 heterocycles. The van der Waals surface area contributed by atoms with E-state index >= 15 is 0 Å². The molecule has 4 N–H and O–H groups in total. The molecule has 3 aromatic rings. The number of H-pyrrole nitrogens is 1. The molecule has 1 unspecified atom stereocenters. The summed E-state index contributed by atoms with van der Waals surface area (Å²) in [5.41, 5.74) is -0.518. The second-order valence-corrected chi connectivity index (χ2v) is 11.7. The zero-order valence-electron chi connectivity index (χ0n) is 23.0. The van der Waals surface area contributed by atoms with Crippen LogP contribution in [-0.2, 0) is 29.8 Å². The van der Waals surface area contributed by atoms with Crippen LogP contribution in [0.4, 0.5) is 0 Å². The van der Waals surface area contributed by atoms with E-state index in [2.05, 4.69) is 26.0 Å². The molecule has 1 aliphatic heterocycles. The molecule has 2 aromatic carbocycles. The van der Waals surface area contributed by atoms with Gasteiger partial charge in [0.15, 0.2) is 0 Å². The Balaban J connectivity index is 1.55. The van der Waals surface area contributed by atoms with Crippen molar-refractivity contribution in [3.05, 3.63) is 97.7 Å². The first kappa shape index (κ1) is 32.4. The maximum absolute atomic E-state index is 14.1. The number of phenols is 1. The number of rotatable bonds is 13. The van der Waals surface area contributed by atoms with Gasteiger partial charge in [-0.05, 0) is 54.2 Å². The number of esters is 1. The van der Waals surface area contributed by atoms with Gasteiger partial charge in [-0.1, -0.05) is 46.3 Å². The number of hydrogen-bond donors (Lipinski definition) is 4. The Labute approximate surface area is 254 Å². The average Bonchev–Trinajstić information content (AvgIpc) is 3.35. The molecular formula is C28H31BrN3O10P. The van der Waals surface area contributed by atoms with E-state index < -0.39 is 56.0 Å². The van der Waals surface area contributed by atoms with E-state index in [9.17, 15) is 29.2 Å². The largest absolute Gasteiger partial charge is 0.508 e. The minimum absolute atomic E-state index is 0.0234. The van der Waals surface area contributed by atoms with Crippen molar-refractivity contribution >= 4 is 35.7 Å². The van der Waals surface area contributed by atoms with E-state index in [1.54, 1.807) is 49.4 Å². The normalized spacial score (nSPS) is 20.5. The number of ether oxygens (including phenoxy) is 2. The highest BCUT2D eigenvalue weighted by atomic mass is 79.9. The molecule has 1 saturated heterocycles. The first-order valence-electron chi connectivity index (χ1n) is 13.3. The molecule has 0 spiro atoms. The number of carbonyl (C=O) groups excluding carboxylic acids is 1. The van der Waals surface area contributed by atoms with Crippen molar-refractivity contribution in [2.75, 3.05) is 13.2 Å². The molecule has 1 aromatic heterocycles. The molecule has 0 radical (unpaired) electrons. The van der Waals surface area contributed by atoms with Crippen LogP contribution in [0.1, 0.15) is 30.7 Å². The molecule has 13 nitrogen and oxygen atoms in total. The lowest BCUT2D eigenvalue weighted by Gasteiger charge is -2.26. The predicted molar refractivity (Wildman–Crippen MR) is 160 cm³/mol. The molecule has 1 aliphatic rings. The van der Waals surface area contributed by atoms with Crippen molar-refractivity contribution in [3.8, 4) is 11.5 Å². The van der Waals surface area contributed by atoms with Gasteiger partial charge < -0.3 is 24.2 Å². The number of aromatic amines is 1. The number of nitrogens with zero attached hydrogens (tertiary/aromatic N) is 1. The summed E-state index contributed by atoms with van der Waals surface area (Å²) < 4.78 is 37.8. The fourth-order valence-electron chi connectivity index (χ4n) is 4.30. The first-order chi connectivity index (χ1) is 20.6. The molecule has 0 amide bonds. The highest BCUT2D eigenvalue weighted by molar-refractivity contribution is 9.11. The number of aliphatic hydroxyl groups excluding tert-OH is 1. The van der Waals surface area contributed by atoms with E-state index in [0.717, 1.165) is 4.57 Å². The molecule has 43 heavy (non-hydrogen) atoms. The van der Waals surface area contributed by atoms with E-state index in [4.69, 9.17) is 18.5 Å². The van der Waals surface area contributed by atoms with Gasteiger partial charge in [-0.2, -0.15) is 5.09 Å². The number of halogens is 1. The standard InChI is InChI=1S/C28H31BrN3O10P/c1-2-39-27(36)22(14-18-8-10-20(33)11-9-18)31-43(38,42-21-6-4-3-5-7-21)40-17-24-23(34)15-25(41-24)32-16-19(12-13-29)26(35)30-28(32)37/h3-13,16,22-25,33-34H,2,14-15,17H2,1H3,(H,31,38)(H,30,35,37)/b13-12+/t22-,23-,24+,25+,43?/m0/s1. The molecule has 0 aliphatic carbocycles. The van der Waals surface area contributed by atoms with Crippen LogP contribution in [0.2, 0.25) is 0 Å². The lowest BCUT2D eigenvalue weighted by Crippen LogP contribution is -2.40. The summed E-state index contributed by atoms with van der Waals surface area (Å²) in [6.07, 6.45) is -0.399. The molecule has 0 bridgehead atoms. The number of aliphatic hydroxyl groups is 1. The summed E-state index contributed by atoms with van der Waals surface area (Å²) in [6, 6.07) is 13.1. The maximum atomic E-state index is 14.1. The Hall–Kier alpha value is -3.52. The Morgan fingerprint density at radius 1 is 1.23 bits per heavy atom. The number of hydrogen-bond acceptors (Lipinski definition) is 10. The van der Waals surface area contributed by atoms with Gasteiger partial charge in [-0.3, -0.25) is 23.7 Å². The zero-order valence-corrected chi connectivity index (χ0v) is 25.5. The van der Waals surface area contributed by atoms with Crippen LogP contribution < -0.4 is 20.9 Å². The Morgan fingerprint density at radius 3 is 2.63 bits per heavy atom. The first-order valence-corrected chi connectivity index (χ1v) is 15.7. The highest BCUT2D eigenvalue weighted by Gasteiger charge is 2.40. The molecular weight excluding hydrogens is 649 g/mol. The number of benzene rings is 2. The van der Waals surface area contributed by atoms with Crippen LogP contribution >= 0.6 is 23.7 Å². The van der Waals surface area contributed by atoms with Crippen LogP contribution in [0.25, 0.3) is 6.08 Å². The topological polar surface area (TPSA) is 178 Å². The second kappa shape index (κ2) is 14.8. The second-order valence-electron chi connectivity index (χ2n) is 9.48. The summed E-state index contributed by atoms with van der Waals surface area (Å²) in [7, 11) is -4.35. The van der Waals surface area contributed by atoms with Gasteiger partial charge in [0, 0.05) is 12.6 Å². The fraction of sp³-hybridized carbons (Fsp3) is 0.321. The minimum atomic E-state index is -4.35. The summed E-state index contributed by atoms with van der Waals surface area (Å²) in [6.45, 7) is 1.25. The third-order valence-corrected chi connectivity index (χ3v) is 8.22. The number of aromatic nitrogens is 2. The summed E-state index contributed by atoms with van der Waals surface area (Å²) >= 11 is 3.09. The third kappa shape index (κ3) is 8.75. The van der Waals surface area contributed by atoms with E-state index in [1.165, 1.54) is 29.4 Å². The maximum Gasteiger partial charge on any atom is 0.459 e. The monoisotopic (exact) mass is 679 g/mol. The molecule has 230 valence electrons. The lowest BCUT2D eigenvalue weighted by molar-refractivity contribution is -0.145. The van der Waals surface area contributed by atoms with Crippen LogP contribution in [0.3, 0.4) is 0 Å². The van der Waals surface area contributed by atoms with Gasteiger partial charge in [0.05, 0.1) is 24.9 Å². The summed E-state index contributed by atoms with van der Waals surface area (Å²) in [5, 5.41) is 23.0. The number of nitrogens with one attached hydrogen (secondary N) is 2. The number of para-hydroxylation sites is 1. The van der Waals surface area contributed by atoms with Crippen molar-refractivity contribution in [3.63, 3.8) is 0 Å². The van der Waals surface area contributed by atoms with Crippen molar-refractivity contribution in [1.29, 1.82) is 0 Å². The van der Waals surface area contributed by atoms with Crippen molar-refractivity contribution < 1.29 is 38.1 Å². The van der Waals surface area contributed by atoms with E-state index in [0.29, 0.717) is 5.56 Å². The lowest BCUT2D eigenvalue weighted by atomic mass is 10.1. The van der Waals surface area contributed by atoms with Crippen molar-refractivity contribution in [1.82, 2.24) is 14.6 Å². The van der Waals surface area contributed by atoms with E-state index in [1.807, 2.05) is 0 Å². The van der Waals surface area contributed by atoms with Crippen molar-refractivity contribution in [2.24, 2.45) is 0 Å². The van der Waals surface area contributed by atoms with Crippen molar-refractivity contribution in [2.45, 2.75) is 44.2 Å². The third-order valence-electron chi connectivity index (χ3n) is 6.39. The quantitative estimate of drug-likeness (QED) is 0.154. The zero-order chi connectivity index (χ0) is 31.0. The van der Waals surface area contributed by atoms with Gasteiger partial charge in [-0.25, -0.2) is 9.36 Å². The SMILES string of the molecule is CCOC(=O)[C@H](Cc1ccc(O)cc1)NP(=O)(OC[C@H]1O[C@@H](n2cc(/C=C/Br)c(=O)[nH]c2=O)C[C@@H]1O)Oc1ccccc1. The summed E-state index contributed by atoms with van der Waals surface area (Å²) in [4.78, 5) is 41.1. The molecule has 4 rings (SSSR count).